The van der Waals surface area contributed by atoms with Crippen molar-refractivity contribution in [1.29, 1.82) is 5.26 Å². The molecule has 0 radical (unpaired) electrons. The minimum atomic E-state index is -3.34. The summed E-state index contributed by atoms with van der Waals surface area (Å²) in [5.41, 5.74) is 6.03. The summed E-state index contributed by atoms with van der Waals surface area (Å²) in [6, 6.07) is 12.2. The molecule has 0 unspecified atom stereocenters. The molecule has 9 nitrogen and oxygen atoms in total. The SMILES string of the molecule is CC(C)(C)c1cnn(Cc2cc3nccc(-c4cc(C#N)cc5c4N([C@H]4CN(CS(=O)(=O)C(C)(C)C)C(C)(C)C4)CCC5)c3s2)c(=O)c1. The number of anilines is 1. The number of hydrogen-bond donors (Lipinski definition) is 0. The fraction of sp³-hybridized carbons (Fsp3) is 0.514. The van der Waals surface area contributed by atoms with Crippen LogP contribution in [0.2, 0.25) is 0 Å². The van der Waals surface area contributed by atoms with Crippen molar-refractivity contribution in [1.82, 2.24) is 19.7 Å². The molecule has 0 N–H and O–H groups in total. The van der Waals surface area contributed by atoms with Crippen LogP contribution in [0.3, 0.4) is 0 Å². The van der Waals surface area contributed by atoms with E-state index in [-0.39, 0.29) is 28.4 Å². The molecule has 48 heavy (non-hydrogen) atoms. The van der Waals surface area contributed by atoms with Gasteiger partial charge in [-0.3, -0.25) is 14.7 Å². The van der Waals surface area contributed by atoms with Crippen LogP contribution < -0.4 is 10.5 Å². The molecule has 0 amide bonds. The van der Waals surface area contributed by atoms with E-state index in [1.807, 2.05) is 30.5 Å². The number of aryl methyl sites for hydroxylation is 1. The number of aromatic nitrogens is 3. The summed E-state index contributed by atoms with van der Waals surface area (Å²) in [6.45, 7) is 17.6. The van der Waals surface area contributed by atoms with Crippen molar-refractivity contribution in [3.8, 4) is 17.2 Å². The van der Waals surface area contributed by atoms with Crippen LogP contribution in [0.5, 0.6) is 0 Å². The van der Waals surface area contributed by atoms with Crippen LogP contribution in [0.25, 0.3) is 21.3 Å². The Morgan fingerprint density at radius 2 is 1.83 bits per heavy atom. The van der Waals surface area contributed by atoms with Gasteiger partial charge in [-0.25, -0.2) is 13.1 Å². The van der Waals surface area contributed by atoms with Crippen LogP contribution in [0.15, 0.2) is 47.5 Å². The normalized spacial score (nSPS) is 18.6. The highest BCUT2D eigenvalue weighted by molar-refractivity contribution is 7.92. The number of hydrogen-bond acceptors (Lipinski definition) is 9. The van der Waals surface area contributed by atoms with Crippen LogP contribution in [-0.4, -0.2) is 63.4 Å². The molecule has 2 aliphatic heterocycles. The molecule has 3 aromatic heterocycles. The number of sulfone groups is 1. The minimum absolute atomic E-state index is 0.0285. The van der Waals surface area contributed by atoms with Crippen LogP contribution in [0.4, 0.5) is 5.69 Å². The van der Waals surface area contributed by atoms with Gasteiger partial charge in [0.25, 0.3) is 5.56 Å². The minimum Gasteiger partial charge on any atom is -0.366 e. The monoisotopic (exact) mass is 686 g/mol. The average Bonchev–Trinajstić information content (AvgIpc) is 3.54. The number of benzene rings is 1. The van der Waals surface area contributed by atoms with E-state index < -0.39 is 14.6 Å². The fourth-order valence-corrected chi connectivity index (χ4v) is 9.28. The van der Waals surface area contributed by atoms with Crippen molar-refractivity contribution in [2.45, 2.75) is 103 Å². The second-order valence-corrected chi connectivity index (χ2v) is 19.8. The van der Waals surface area contributed by atoms with Crippen molar-refractivity contribution < 1.29 is 8.42 Å². The zero-order valence-electron chi connectivity index (χ0n) is 29.3. The zero-order valence-corrected chi connectivity index (χ0v) is 30.9. The standard InChI is InChI=1S/C37H46N6O3S2/c1-35(2,3)26-16-32(44)43(40-20-26)22-28-17-31-34(47-28)29(11-12-39-31)30-15-24(19-38)14-25-10-9-13-42(33(25)30)27-18-37(7,8)41(21-27)23-48(45,46)36(4,5)6/h11-12,14-17,20,27H,9-10,13,18,21-23H2,1-8H3/t27-/m1/s1. The van der Waals surface area contributed by atoms with E-state index in [4.69, 9.17) is 4.98 Å². The maximum atomic E-state index is 13.3. The van der Waals surface area contributed by atoms with Gasteiger partial charge in [0.15, 0.2) is 9.84 Å². The summed E-state index contributed by atoms with van der Waals surface area (Å²) < 4.78 is 28.2. The number of nitriles is 1. The van der Waals surface area contributed by atoms with E-state index in [0.717, 1.165) is 68.8 Å². The Morgan fingerprint density at radius 3 is 2.50 bits per heavy atom. The van der Waals surface area contributed by atoms with Crippen molar-refractivity contribution in [2.24, 2.45) is 0 Å². The Kier molecular flexibility index (Phi) is 8.62. The fourth-order valence-electron chi connectivity index (χ4n) is 6.91. The molecule has 6 rings (SSSR count). The second kappa shape index (κ2) is 12.1. The van der Waals surface area contributed by atoms with Gasteiger partial charge < -0.3 is 4.90 Å². The highest BCUT2D eigenvalue weighted by Crippen LogP contribution is 2.45. The van der Waals surface area contributed by atoms with E-state index in [0.29, 0.717) is 18.7 Å². The van der Waals surface area contributed by atoms with Crippen LogP contribution in [0, 0.1) is 11.3 Å². The molecular weight excluding hydrogens is 641 g/mol. The highest BCUT2D eigenvalue weighted by atomic mass is 32.2. The molecule has 11 heteroatoms. The number of likely N-dealkylation sites (tertiary alicyclic amines) is 1. The summed E-state index contributed by atoms with van der Waals surface area (Å²) in [4.78, 5) is 23.3. The third kappa shape index (κ3) is 6.42. The van der Waals surface area contributed by atoms with Gasteiger partial charge in [0.1, 0.15) is 5.88 Å². The lowest BCUT2D eigenvalue weighted by atomic mass is 9.89. The molecule has 0 bridgehead atoms. The van der Waals surface area contributed by atoms with Crippen LogP contribution in [-0.2, 0) is 28.2 Å². The molecule has 4 aromatic rings. The summed E-state index contributed by atoms with van der Waals surface area (Å²) in [7, 11) is -3.34. The Labute approximate surface area is 288 Å². The Bertz CT molecular complexity index is 2090. The van der Waals surface area contributed by atoms with E-state index >= 15 is 0 Å². The number of thiophene rings is 1. The number of pyridine rings is 1. The predicted octanol–water partition coefficient (Wildman–Crippen LogP) is 6.51. The van der Waals surface area contributed by atoms with E-state index in [1.54, 1.807) is 44.4 Å². The molecule has 2 aliphatic rings. The smallest absolute Gasteiger partial charge is 0.267 e. The molecule has 0 saturated carbocycles. The molecule has 1 fully saturated rings. The van der Waals surface area contributed by atoms with Crippen molar-refractivity contribution in [2.75, 3.05) is 23.9 Å². The van der Waals surface area contributed by atoms with Crippen LogP contribution in [0.1, 0.15) is 89.8 Å². The van der Waals surface area contributed by atoms with Crippen molar-refractivity contribution in [3.05, 3.63) is 74.6 Å². The number of rotatable bonds is 6. The third-order valence-corrected chi connectivity index (χ3v) is 13.6. The lowest BCUT2D eigenvalue weighted by Crippen LogP contribution is -2.46. The first-order valence-electron chi connectivity index (χ1n) is 16.6. The summed E-state index contributed by atoms with van der Waals surface area (Å²) >= 11 is 1.60. The van der Waals surface area contributed by atoms with Gasteiger partial charge in [-0.1, -0.05) is 20.8 Å². The van der Waals surface area contributed by atoms with E-state index in [9.17, 15) is 18.5 Å². The first-order valence-corrected chi connectivity index (χ1v) is 19.1. The van der Waals surface area contributed by atoms with Gasteiger partial charge in [0.2, 0.25) is 0 Å². The Balaban J connectivity index is 1.39. The first-order chi connectivity index (χ1) is 22.4. The quantitative estimate of drug-likeness (QED) is 0.226. The van der Waals surface area contributed by atoms with E-state index in [1.165, 1.54) is 4.68 Å². The maximum absolute atomic E-state index is 13.3. The van der Waals surface area contributed by atoms with Gasteiger partial charge in [-0.05, 0) is 94.7 Å². The molecule has 0 spiro atoms. The third-order valence-electron chi connectivity index (χ3n) is 9.97. The summed E-state index contributed by atoms with van der Waals surface area (Å²) in [6.07, 6.45) is 6.25. The van der Waals surface area contributed by atoms with Gasteiger partial charge in [-0.2, -0.15) is 10.4 Å². The molecule has 254 valence electrons. The first kappa shape index (κ1) is 34.3. The summed E-state index contributed by atoms with van der Waals surface area (Å²) in [5.74, 6) is 0.0285. The van der Waals surface area contributed by atoms with E-state index in [2.05, 4.69) is 55.6 Å². The molecule has 5 heterocycles. The average molecular weight is 687 g/mol. The number of nitrogens with zero attached hydrogens (tertiary/aromatic N) is 6. The summed E-state index contributed by atoms with van der Waals surface area (Å²) in [5, 5.41) is 14.6. The lowest BCUT2D eigenvalue weighted by molar-refractivity contribution is 0.203. The van der Waals surface area contributed by atoms with Gasteiger partial charge in [0.05, 0.1) is 39.3 Å². The van der Waals surface area contributed by atoms with Gasteiger partial charge >= 0.3 is 0 Å². The number of fused-ring (bicyclic) bond motifs is 2. The molecule has 1 aromatic carbocycles. The predicted molar refractivity (Wildman–Crippen MR) is 194 cm³/mol. The van der Waals surface area contributed by atoms with Crippen molar-refractivity contribution >= 4 is 37.1 Å². The second-order valence-electron chi connectivity index (χ2n) is 16.0. The Hall–Kier alpha value is -3.59. The van der Waals surface area contributed by atoms with Crippen LogP contribution >= 0.6 is 11.3 Å². The Morgan fingerprint density at radius 1 is 1.08 bits per heavy atom. The van der Waals surface area contributed by atoms with Gasteiger partial charge in [-0.15, -0.1) is 11.3 Å². The molecule has 1 saturated heterocycles. The highest BCUT2D eigenvalue weighted by Gasteiger charge is 2.45. The topological polar surface area (TPSA) is 112 Å². The zero-order chi connectivity index (χ0) is 34.8. The molecular formula is C37H46N6O3S2. The van der Waals surface area contributed by atoms with Crippen molar-refractivity contribution in [3.63, 3.8) is 0 Å². The largest absolute Gasteiger partial charge is 0.366 e. The van der Waals surface area contributed by atoms with Gasteiger partial charge in [0, 0.05) is 58.6 Å². The maximum Gasteiger partial charge on any atom is 0.267 e. The molecule has 0 aliphatic carbocycles. The lowest BCUT2D eigenvalue weighted by Gasteiger charge is -2.38. The molecule has 1 atom stereocenters.